The largest absolute Gasteiger partial charge is 0.494 e. The minimum absolute atomic E-state index is 0.202. The monoisotopic (exact) mass is 293 g/mol. The maximum Gasteiger partial charge on any atom is 0.123 e. The van der Waals surface area contributed by atoms with Crippen molar-refractivity contribution in [1.82, 2.24) is 5.32 Å². The van der Waals surface area contributed by atoms with Crippen LogP contribution < -0.4 is 14.8 Å². The fraction of sp³-hybridized carbons (Fsp3) is 0.667. The molecule has 120 valence electrons. The van der Waals surface area contributed by atoms with Crippen LogP contribution in [-0.4, -0.2) is 25.3 Å². The topological polar surface area (TPSA) is 30.5 Å². The van der Waals surface area contributed by atoms with Crippen molar-refractivity contribution < 1.29 is 9.47 Å². The molecule has 1 N–H and O–H groups in total. The molecule has 0 aliphatic heterocycles. The van der Waals surface area contributed by atoms with Crippen molar-refractivity contribution in [3.8, 4) is 11.5 Å². The Balaban J connectivity index is 2.71. The van der Waals surface area contributed by atoms with E-state index in [1.807, 2.05) is 31.2 Å². The molecule has 0 saturated heterocycles. The van der Waals surface area contributed by atoms with Crippen LogP contribution in [0.2, 0.25) is 0 Å². The Hall–Kier alpha value is -1.22. The summed E-state index contributed by atoms with van der Waals surface area (Å²) in [5, 5.41) is 3.63. The van der Waals surface area contributed by atoms with Crippen LogP contribution in [0.25, 0.3) is 0 Å². The fourth-order valence-electron chi connectivity index (χ4n) is 2.49. The fourth-order valence-corrected chi connectivity index (χ4v) is 2.49. The van der Waals surface area contributed by atoms with Crippen LogP contribution in [-0.2, 0) is 0 Å². The van der Waals surface area contributed by atoms with Crippen LogP contribution in [0.15, 0.2) is 24.3 Å². The van der Waals surface area contributed by atoms with Gasteiger partial charge in [0.2, 0.25) is 0 Å². The molecular formula is C18H31NO2. The summed E-state index contributed by atoms with van der Waals surface area (Å²) in [7, 11) is 0. The van der Waals surface area contributed by atoms with Crippen LogP contribution >= 0.6 is 0 Å². The van der Waals surface area contributed by atoms with E-state index in [0.717, 1.165) is 37.3 Å². The first-order valence-corrected chi connectivity index (χ1v) is 8.37. The van der Waals surface area contributed by atoms with Crippen LogP contribution in [0.4, 0.5) is 0 Å². The van der Waals surface area contributed by atoms with Gasteiger partial charge in [-0.2, -0.15) is 0 Å². The highest BCUT2D eigenvalue weighted by Gasteiger charge is 2.20. The number of benzene rings is 1. The van der Waals surface area contributed by atoms with E-state index in [9.17, 15) is 0 Å². The van der Waals surface area contributed by atoms with E-state index in [1.165, 1.54) is 6.42 Å². The van der Waals surface area contributed by atoms with Gasteiger partial charge in [-0.25, -0.2) is 0 Å². The first-order valence-electron chi connectivity index (χ1n) is 8.37. The lowest BCUT2D eigenvalue weighted by Gasteiger charge is -2.28. The van der Waals surface area contributed by atoms with Gasteiger partial charge in [0, 0.05) is 12.1 Å². The Morgan fingerprint density at radius 1 is 1.05 bits per heavy atom. The van der Waals surface area contributed by atoms with Crippen molar-refractivity contribution >= 4 is 0 Å². The average Bonchev–Trinajstić information content (AvgIpc) is 2.50. The standard InChI is InChI=1S/C18H31NO2/c1-5-10-17(19-13-6-2)18(7-3)21-16-12-9-11-15(14-16)20-8-4/h9,11-12,14,17-19H,5-8,10,13H2,1-4H3. The highest BCUT2D eigenvalue weighted by atomic mass is 16.5. The molecule has 0 amide bonds. The Bertz CT molecular complexity index is 381. The third-order valence-electron chi connectivity index (χ3n) is 3.51. The van der Waals surface area contributed by atoms with E-state index in [4.69, 9.17) is 9.47 Å². The quantitative estimate of drug-likeness (QED) is 0.655. The summed E-state index contributed by atoms with van der Waals surface area (Å²) in [6.45, 7) is 10.3. The molecule has 0 saturated carbocycles. The molecule has 0 aliphatic rings. The number of rotatable bonds is 11. The van der Waals surface area contributed by atoms with Gasteiger partial charge in [0.1, 0.15) is 17.6 Å². The Morgan fingerprint density at radius 2 is 1.81 bits per heavy atom. The van der Waals surface area contributed by atoms with Gasteiger partial charge in [-0.05, 0) is 44.9 Å². The summed E-state index contributed by atoms with van der Waals surface area (Å²) in [5.41, 5.74) is 0. The summed E-state index contributed by atoms with van der Waals surface area (Å²) in [5.74, 6) is 1.77. The zero-order chi connectivity index (χ0) is 15.5. The van der Waals surface area contributed by atoms with Crippen LogP contribution in [0.3, 0.4) is 0 Å². The van der Waals surface area contributed by atoms with E-state index in [-0.39, 0.29) is 6.10 Å². The zero-order valence-corrected chi connectivity index (χ0v) is 14.0. The van der Waals surface area contributed by atoms with Crippen molar-refractivity contribution in [1.29, 1.82) is 0 Å². The molecule has 0 radical (unpaired) electrons. The molecule has 0 heterocycles. The van der Waals surface area contributed by atoms with Crippen LogP contribution in [0, 0.1) is 0 Å². The van der Waals surface area contributed by atoms with Crippen LogP contribution in [0.1, 0.15) is 53.4 Å². The van der Waals surface area contributed by atoms with Crippen LogP contribution in [0.5, 0.6) is 11.5 Å². The van der Waals surface area contributed by atoms with Gasteiger partial charge >= 0.3 is 0 Å². The van der Waals surface area contributed by atoms with E-state index in [2.05, 4.69) is 26.1 Å². The summed E-state index contributed by atoms with van der Waals surface area (Å²) in [6, 6.07) is 8.36. The summed E-state index contributed by atoms with van der Waals surface area (Å²) >= 11 is 0. The molecular weight excluding hydrogens is 262 g/mol. The second kappa shape index (κ2) is 10.5. The van der Waals surface area contributed by atoms with Gasteiger partial charge < -0.3 is 14.8 Å². The minimum atomic E-state index is 0.202. The Morgan fingerprint density at radius 3 is 2.43 bits per heavy atom. The predicted molar refractivity (Wildman–Crippen MR) is 89.3 cm³/mol. The normalized spacial score (nSPS) is 13.7. The SMILES string of the molecule is CCCNC(CCC)C(CC)Oc1cccc(OCC)c1. The smallest absolute Gasteiger partial charge is 0.123 e. The van der Waals surface area contributed by atoms with E-state index in [1.54, 1.807) is 0 Å². The molecule has 1 aromatic rings. The van der Waals surface area contributed by atoms with Gasteiger partial charge in [-0.15, -0.1) is 0 Å². The number of nitrogens with one attached hydrogen (secondary N) is 1. The number of ether oxygens (including phenoxy) is 2. The first-order chi connectivity index (χ1) is 10.2. The summed E-state index contributed by atoms with van der Waals surface area (Å²) < 4.78 is 11.8. The van der Waals surface area contributed by atoms with Crippen molar-refractivity contribution in [2.75, 3.05) is 13.2 Å². The molecule has 0 aromatic heterocycles. The lowest BCUT2D eigenvalue weighted by molar-refractivity contribution is 0.142. The molecule has 0 aliphatic carbocycles. The maximum atomic E-state index is 6.22. The predicted octanol–water partition coefficient (Wildman–Crippen LogP) is 4.41. The van der Waals surface area contributed by atoms with E-state index < -0.39 is 0 Å². The lowest BCUT2D eigenvalue weighted by atomic mass is 10.0. The molecule has 3 nitrogen and oxygen atoms in total. The number of hydrogen-bond acceptors (Lipinski definition) is 3. The molecule has 0 fully saturated rings. The third kappa shape index (κ3) is 6.38. The molecule has 0 bridgehead atoms. The number of hydrogen-bond donors (Lipinski definition) is 1. The maximum absolute atomic E-state index is 6.22. The second-order valence-electron chi connectivity index (χ2n) is 5.32. The van der Waals surface area contributed by atoms with Gasteiger partial charge in [-0.1, -0.05) is 33.3 Å². The molecule has 1 aromatic carbocycles. The van der Waals surface area contributed by atoms with E-state index in [0.29, 0.717) is 12.6 Å². The summed E-state index contributed by atoms with van der Waals surface area (Å²) in [4.78, 5) is 0. The minimum Gasteiger partial charge on any atom is -0.494 e. The molecule has 3 heteroatoms. The second-order valence-corrected chi connectivity index (χ2v) is 5.32. The molecule has 1 rings (SSSR count). The highest BCUT2D eigenvalue weighted by Crippen LogP contribution is 2.22. The van der Waals surface area contributed by atoms with Crippen molar-refractivity contribution in [2.24, 2.45) is 0 Å². The Labute approximate surface area is 130 Å². The lowest BCUT2D eigenvalue weighted by Crippen LogP contribution is -2.43. The molecule has 21 heavy (non-hydrogen) atoms. The molecule has 2 unspecified atom stereocenters. The molecule has 2 atom stereocenters. The van der Waals surface area contributed by atoms with Crippen molar-refractivity contribution in [3.05, 3.63) is 24.3 Å². The zero-order valence-electron chi connectivity index (χ0n) is 14.0. The third-order valence-corrected chi connectivity index (χ3v) is 3.51. The van der Waals surface area contributed by atoms with Gasteiger partial charge in [0.25, 0.3) is 0 Å². The van der Waals surface area contributed by atoms with Crippen molar-refractivity contribution in [3.63, 3.8) is 0 Å². The van der Waals surface area contributed by atoms with Gasteiger partial charge in [0.05, 0.1) is 6.61 Å². The Kier molecular flexibility index (Phi) is 8.91. The first kappa shape index (κ1) is 17.8. The summed E-state index contributed by atoms with van der Waals surface area (Å²) in [6.07, 6.45) is 4.66. The molecule has 0 spiro atoms. The van der Waals surface area contributed by atoms with E-state index >= 15 is 0 Å². The van der Waals surface area contributed by atoms with Gasteiger partial charge in [0.15, 0.2) is 0 Å². The van der Waals surface area contributed by atoms with Gasteiger partial charge in [-0.3, -0.25) is 0 Å². The highest BCUT2D eigenvalue weighted by molar-refractivity contribution is 5.33. The average molecular weight is 293 g/mol. The van der Waals surface area contributed by atoms with Crippen molar-refractivity contribution in [2.45, 2.75) is 65.5 Å².